The molecule has 4 rings (SSSR count). The van der Waals surface area contributed by atoms with E-state index in [0.717, 1.165) is 101 Å². The molecule has 7 nitrogen and oxygen atoms in total. The van der Waals surface area contributed by atoms with E-state index in [4.69, 9.17) is 11.5 Å². The van der Waals surface area contributed by atoms with Gasteiger partial charge in [0.05, 0.1) is 0 Å². The number of carbonyl (C=O) groups excluding carboxylic acids is 2. The minimum absolute atomic E-state index is 0.161. The monoisotopic (exact) mass is 465 g/mol. The predicted octanol–water partition coefficient (Wildman–Crippen LogP) is 3.21. The molecule has 2 aromatic carbocycles. The number of hydrogen-bond donors (Lipinski definition) is 2. The molecule has 184 valence electrons. The number of hydrogen-bond acceptors (Lipinski definition) is 6. The Morgan fingerprint density at radius 2 is 1.38 bits per heavy atom. The maximum atomic E-state index is 13.3. The van der Waals surface area contributed by atoms with Gasteiger partial charge in [-0.25, -0.2) is 0 Å². The number of anilines is 1. The van der Waals surface area contributed by atoms with Gasteiger partial charge in [0.25, 0.3) is 11.8 Å². The molecule has 0 atom stereocenters. The Labute approximate surface area is 203 Å². The Bertz CT molecular complexity index is 972. The quantitative estimate of drug-likeness (QED) is 0.329. The van der Waals surface area contributed by atoms with Crippen LogP contribution in [0.4, 0.5) is 5.69 Å². The molecule has 2 aliphatic rings. The summed E-state index contributed by atoms with van der Waals surface area (Å²) in [4.78, 5) is 32.9. The van der Waals surface area contributed by atoms with Crippen molar-refractivity contribution in [2.24, 2.45) is 11.5 Å². The Balaban J connectivity index is 1.39. The lowest BCUT2D eigenvalue weighted by Gasteiger charge is -2.35. The molecular weight excluding hydrogens is 426 g/mol. The van der Waals surface area contributed by atoms with Gasteiger partial charge in [-0.1, -0.05) is 12.1 Å². The van der Waals surface area contributed by atoms with Gasteiger partial charge in [0.15, 0.2) is 0 Å². The van der Waals surface area contributed by atoms with E-state index < -0.39 is 0 Å². The first-order valence-electron chi connectivity index (χ1n) is 12.9. The fourth-order valence-corrected chi connectivity index (χ4v) is 5.07. The van der Waals surface area contributed by atoms with E-state index >= 15 is 0 Å². The zero-order chi connectivity index (χ0) is 23.9. The Morgan fingerprint density at radius 3 is 1.97 bits per heavy atom. The van der Waals surface area contributed by atoms with Crippen LogP contribution in [0, 0.1) is 0 Å². The number of unbranched alkanes of at least 4 members (excludes halogenated alkanes) is 3. The molecule has 0 saturated carbocycles. The number of rotatable bonds is 14. The van der Waals surface area contributed by atoms with Crippen LogP contribution in [0.2, 0.25) is 0 Å². The fraction of sp³-hybridized carbons (Fsp3) is 0.556. The van der Waals surface area contributed by atoms with Gasteiger partial charge in [-0.15, -0.1) is 0 Å². The third-order valence-electron chi connectivity index (χ3n) is 7.13. The summed E-state index contributed by atoms with van der Waals surface area (Å²) in [6.07, 6.45) is 7.21. The van der Waals surface area contributed by atoms with E-state index in [0.29, 0.717) is 17.7 Å². The first-order valence-corrected chi connectivity index (χ1v) is 12.9. The van der Waals surface area contributed by atoms with E-state index in [-0.39, 0.29) is 11.8 Å². The van der Waals surface area contributed by atoms with Crippen molar-refractivity contribution in [3.05, 3.63) is 41.5 Å². The van der Waals surface area contributed by atoms with E-state index in [9.17, 15) is 9.59 Å². The fourth-order valence-electron chi connectivity index (χ4n) is 5.07. The number of nitrogens with two attached hydrogens (primary N) is 2. The molecule has 0 unspecified atom stereocenters. The Morgan fingerprint density at radius 1 is 0.765 bits per heavy atom. The van der Waals surface area contributed by atoms with Crippen LogP contribution in [-0.4, -0.2) is 74.0 Å². The van der Waals surface area contributed by atoms with Gasteiger partial charge in [-0.05, 0) is 95.9 Å². The van der Waals surface area contributed by atoms with E-state index in [2.05, 4.69) is 9.80 Å². The molecule has 0 radical (unpaired) electrons. The lowest BCUT2D eigenvalue weighted by molar-refractivity contribution is 0.0606. The minimum atomic E-state index is -0.161. The first kappa shape index (κ1) is 24.6. The van der Waals surface area contributed by atoms with Crippen molar-refractivity contribution >= 4 is 28.3 Å². The summed E-state index contributed by atoms with van der Waals surface area (Å²) in [7, 11) is 0. The molecular formula is C27H39N5O2. The van der Waals surface area contributed by atoms with Crippen molar-refractivity contribution in [2.45, 2.75) is 44.9 Å². The topological polar surface area (TPSA) is 95.9 Å². The highest BCUT2D eigenvalue weighted by Crippen LogP contribution is 2.37. The van der Waals surface area contributed by atoms with Gasteiger partial charge in [0, 0.05) is 47.2 Å². The molecule has 34 heavy (non-hydrogen) atoms. The average molecular weight is 466 g/mol. The highest BCUT2D eigenvalue weighted by Gasteiger charge is 2.33. The smallest absolute Gasteiger partial charge is 0.261 e. The summed E-state index contributed by atoms with van der Waals surface area (Å²) < 4.78 is 0. The van der Waals surface area contributed by atoms with Crippen molar-refractivity contribution in [3.63, 3.8) is 0 Å². The third kappa shape index (κ3) is 5.27. The average Bonchev–Trinajstić information content (AvgIpc) is 2.81. The van der Waals surface area contributed by atoms with Crippen LogP contribution in [0.25, 0.3) is 10.8 Å². The number of benzene rings is 2. The molecule has 0 spiro atoms. The first-order chi connectivity index (χ1) is 16.7. The number of imide groups is 1. The maximum Gasteiger partial charge on any atom is 0.261 e. The molecule has 1 saturated heterocycles. The van der Waals surface area contributed by atoms with Crippen molar-refractivity contribution in [3.8, 4) is 0 Å². The third-order valence-corrected chi connectivity index (χ3v) is 7.13. The standard InChI is InChI=1S/C27H39N5O2/c28-13-1-3-15-30(16-4-2-14-29)17-5-6-20-32-26(33)22-10-7-9-21-24(31-18-8-19-31)12-11-23(25(21)22)27(32)34/h7,9-12H,1-6,8,13-20,28-29H2. The molecule has 2 aromatic rings. The molecule has 7 heteroatoms. The molecule has 0 aliphatic carbocycles. The van der Waals surface area contributed by atoms with Crippen LogP contribution in [-0.2, 0) is 0 Å². The second kappa shape index (κ2) is 11.8. The van der Waals surface area contributed by atoms with E-state index in [1.54, 1.807) is 0 Å². The second-order valence-corrected chi connectivity index (χ2v) is 9.50. The zero-order valence-corrected chi connectivity index (χ0v) is 20.3. The van der Waals surface area contributed by atoms with Crippen LogP contribution in [0.1, 0.15) is 65.7 Å². The van der Waals surface area contributed by atoms with Crippen molar-refractivity contribution in [2.75, 3.05) is 57.3 Å². The van der Waals surface area contributed by atoms with Crippen LogP contribution in [0.15, 0.2) is 30.3 Å². The lowest BCUT2D eigenvalue weighted by atomic mass is 9.92. The molecule has 0 bridgehead atoms. The predicted molar refractivity (Wildman–Crippen MR) is 138 cm³/mol. The van der Waals surface area contributed by atoms with Crippen molar-refractivity contribution < 1.29 is 9.59 Å². The minimum Gasteiger partial charge on any atom is -0.371 e. The second-order valence-electron chi connectivity index (χ2n) is 9.50. The summed E-state index contributed by atoms with van der Waals surface area (Å²) >= 11 is 0. The van der Waals surface area contributed by atoms with Crippen LogP contribution in [0.5, 0.6) is 0 Å². The van der Waals surface area contributed by atoms with E-state index in [1.165, 1.54) is 11.3 Å². The Hall–Kier alpha value is -2.48. The molecule has 2 heterocycles. The number of carbonyl (C=O) groups is 2. The maximum absolute atomic E-state index is 13.3. The highest BCUT2D eigenvalue weighted by atomic mass is 16.2. The summed E-state index contributed by atoms with van der Waals surface area (Å²) in [5, 5.41) is 1.84. The van der Waals surface area contributed by atoms with Gasteiger partial charge in [0.1, 0.15) is 0 Å². The van der Waals surface area contributed by atoms with E-state index in [1.807, 2.05) is 30.3 Å². The normalized spacial score (nSPS) is 15.5. The lowest BCUT2D eigenvalue weighted by Crippen LogP contribution is -2.41. The Kier molecular flexibility index (Phi) is 8.53. The summed E-state index contributed by atoms with van der Waals surface area (Å²) in [5.74, 6) is -0.321. The van der Waals surface area contributed by atoms with Crippen molar-refractivity contribution in [1.82, 2.24) is 9.80 Å². The SMILES string of the molecule is NCCCCN(CCCCN)CCCCN1C(=O)c2cccc3c(N4CCC4)ccc(c23)C1=O. The van der Waals surface area contributed by atoms with Gasteiger partial charge in [0.2, 0.25) is 0 Å². The van der Waals surface area contributed by atoms with Crippen LogP contribution < -0.4 is 16.4 Å². The van der Waals surface area contributed by atoms with Crippen molar-refractivity contribution in [1.29, 1.82) is 0 Å². The molecule has 1 fully saturated rings. The summed E-state index contributed by atoms with van der Waals surface area (Å²) in [6.45, 7) is 7.02. The zero-order valence-electron chi connectivity index (χ0n) is 20.3. The number of amides is 2. The van der Waals surface area contributed by atoms with Gasteiger partial charge < -0.3 is 21.3 Å². The number of nitrogens with zero attached hydrogens (tertiary/aromatic N) is 3. The van der Waals surface area contributed by atoms with Crippen LogP contribution in [0.3, 0.4) is 0 Å². The van der Waals surface area contributed by atoms with Gasteiger partial charge in [-0.3, -0.25) is 14.5 Å². The largest absolute Gasteiger partial charge is 0.371 e. The summed E-state index contributed by atoms with van der Waals surface area (Å²) in [6, 6.07) is 9.81. The molecule has 4 N–H and O–H groups in total. The summed E-state index contributed by atoms with van der Waals surface area (Å²) in [5.41, 5.74) is 13.7. The molecule has 0 aromatic heterocycles. The molecule has 2 aliphatic heterocycles. The highest BCUT2D eigenvalue weighted by molar-refractivity contribution is 6.26. The van der Waals surface area contributed by atoms with Gasteiger partial charge >= 0.3 is 0 Å². The van der Waals surface area contributed by atoms with Crippen LogP contribution >= 0.6 is 0 Å². The van der Waals surface area contributed by atoms with Gasteiger partial charge in [-0.2, -0.15) is 0 Å². The molecule has 2 amide bonds.